The molecule has 19 heavy (non-hydrogen) atoms. The van der Waals surface area contributed by atoms with Crippen molar-refractivity contribution in [3.63, 3.8) is 0 Å². The Morgan fingerprint density at radius 2 is 2.26 bits per heavy atom. The third kappa shape index (κ3) is 4.23. The van der Waals surface area contributed by atoms with Crippen molar-refractivity contribution >= 4 is 12.6 Å². The van der Waals surface area contributed by atoms with Crippen LogP contribution in [0.5, 0.6) is 5.75 Å². The summed E-state index contributed by atoms with van der Waals surface area (Å²) in [7, 11) is -1.49. The molecule has 1 saturated heterocycles. The Labute approximate surface area is 114 Å². The van der Waals surface area contributed by atoms with Gasteiger partial charge in [-0.2, -0.15) is 0 Å². The van der Waals surface area contributed by atoms with Crippen LogP contribution in [0.1, 0.15) is 31.2 Å². The van der Waals surface area contributed by atoms with Crippen LogP contribution in [0.15, 0.2) is 18.2 Å². The highest BCUT2D eigenvalue weighted by Crippen LogP contribution is 2.17. The highest BCUT2D eigenvalue weighted by atomic mass is 16.5. The third-order valence-corrected chi connectivity index (χ3v) is 3.40. The molecule has 0 aromatic heterocycles. The summed E-state index contributed by atoms with van der Waals surface area (Å²) in [5, 5.41) is 18.6. The topological polar surface area (TPSA) is 58.9 Å². The van der Waals surface area contributed by atoms with Crippen molar-refractivity contribution in [1.82, 2.24) is 0 Å². The predicted molar refractivity (Wildman–Crippen MR) is 74.7 cm³/mol. The molecule has 104 valence electrons. The second-order valence-electron chi connectivity index (χ2n) is 5.04. The van der Waals surface area contributed by atoms with Gasteiger partial charge in [0.25, 0.3) is 0 Å². The van der Waals surface area contributed by atoms with Gasteiger partial charge in [0.1, 0.15) is 5.75 Å². The number of hydrogen-bond donors (Lipinski definition) is 2. The fraction of sp³-hybridized carbons (Fsp3) is 0.571. The Bertz CT molecular complexity index is 402. The Morgan fingerprint density at radius 3 is 2.95 bits per heavy atom. The van der Waals surface area contributed by atoms with Crippen LogP contribution < -0.4 is 10.2 Å². The molecular weight excluding hydrogens is 243 g/mol. The lowest BCUT2D eigenvalue weighted by Gasteiger charge is -2.13. The van der Waals surface area contributed by atoms with Crippen LogP contribution in [0.3, 0.4) is 0 Å². The average Bonchev–Trinajstić information content (AvgIpc) is 2.89. The summed E-state index contributed by atoms with van der Waals surface area (Å²) in [5.41, 5.74) is 1.41. The fourth-order valence-electron chi connectivity index (χ4n) is 2.37. The molecule has 0 aliphatic carbocycles. The molecule has 1 aromatic carbocycles. The zero-order chi connectivity index (χ0) is 13.7. The SMILES string of the molecule is Cc1ccc(OCCCC2CCCO2)c(B(O)O)c1. The first-order valence-corrected chi connectivity index (χ1v) is 6.88. The zero-order valence-electron chi connectivity index (χ0n) is 11.3. The summed E-state index contributed by atoms with van der Waals surface area (Å²) in [6.45, 7) is 3.36. The van der Waals surface area contributed by atoms with Crippen LogP contribution in [0.4, 0.5) is 0 Å². The van der Waals surface area contributed by atoms with E-state index in [-0.39, 0.29) is 0 Å². The predicted octanol–water partition coefficient (Wildman–Crippen LogP) is 1.01. The van der Waals surface area contributed by atoms with E-state index in [1.165, 1.54) is 0 Å². The molecule has 1 aliphatic heterocycles. The van der Waals surface area contributed by atoms with Crippen LogP contribution in [0.25, 0.3) is 0 Å². The monoisotopic (exact) mass is 264 g/mol. The molecule has 2 N–H and O–H groups in total. The number of rotatable bonds is 6. The number of benzene rings is 1. The van der Waals surface area contributed by atoms with Gasteiger partial charge in [0.05, 0.1) is 12.7 Å². The molecule has 1 atom stereocenters. The molecule has 5 heteroatoms. The Hall–Kier alpha value is -1.04. The first-order valence-electron chi connectivity index (χ1n) is 6.88. The van der Waals surface area contributed by atoms with Crippen molar-refractivity contribution < 1.29 is 19.5 Å². The maximum absolute atomic E-state index is 9.31. The first-order chi connectivity index (χ1) is 9.16. The second-order valence-corrected chi connectivity index (χ2v) is 5.04. The summed E-state index contributed by atoms with van der Waals surface area (Å²) in [6.07, 6.45) is 4.60. The molecular formula is C14H21BO4. The third-order valence-electron chi connectivity index (χ3n) is 3.40. The van der Waals surface area contributed by atoms with Gasteiger partial charge in [-0.15, -0.1) is 0 Å². The van der Waals surface area contributed by atoms with Crippen LogP contribution in [0, 0.1) is 6.92 Å². The van der Waals surface area contributed by atoms with Crippen molar-refractivity contribution in [2.75, 3.05) is 13.2 Å². The quantitative estimate of drug-likeness (QED) is 0.594. The van der Waals surface area contributed by atoms with E-state index in [0.717, 1.165) is 37.9 Å². The lowest BCUT2D eigenvalue weighted by atomic mass is 9.79. The first kappa shape index (κ1) is 14.4. The van der Waals surface area contributed by atoms with Crippen LogP contribution in [0.2, 0.25) is 0 Å². The normalized spacial score (nSPS) is 18.6. The second kappa shape index (κ2) is 6.94. The van der Waals surface area contributed by atoms with E-state index in [1.54, 1.807) is 12.1 Å². The molecule has 1 fully saturated rings. The average molecular weight is 264 g/mol. The summed E-state index contributed by atoms with van der Waals surface area (Å²) >= 11 is 0. The van der Waals surface area contributed by atoms with E-state index in [9.17, 15) is 10.0 Å². The molecule has 4 nitrogen and oxygen atoms in total. The smallest absolute Gasteiger partial charge is 0.492 e. The highest BCUT2D eigenvalue weighted by Gasteiger charge is 2.18. The largest absolute Gasteiger partial charge is 0.494 e. The Morgan fingerprint density at radius 1 is 1.42 bits per heavy atom. The van der Waals surface area contributed by atoms with E-state index >= 15 is 0 Å². The summed E-state index contributed by atoms with van der Waals surface area (Å²) < 4.78 is 11.2. The molecule has 1 aromatic rings. The maximum Gasteiger partial charge on any atom is 0.492 e. The number of hydrogen-bond acceptors (Lipinski definition) is 4. The highest BCUT2D eigenvalue weighted by molar-refractivity contribution is 6.59. The van der Waals surface area contributed by atoms with Gasteiger partial charge in [-0.05, 0) is 38.7 Å². The van der Waals surface area contributed by atoms with Gasteiger partial charge in [-0.1, -0.05) is 17.7 Å². The molecule has 1 aliphatic rings. The van der Waals surface area contributed by atoms with Gasteiger partial charge in [-0.3, -0.25) is 0 Å². The van der Waals surface area contributed by atoms with E-state index in [4.69, 9.17) is 9.47 Å². The standard InChI is InChI=1S/C14H21BO4/c1-11-6-7-14(13(10-11)15(16)17)19-9-3-5-12-4-2-8-18-12/h6-7,10,12,16-17H,2-5,8-9H2,1H3. The zero-order valence-corrected chi connectivity index (χ0v) is 11.3. The van der Waals surface area contributed by atoms with Crippen LogP contribution in [-0.4, -0.2) is 36.5 Å². The van der Waals surface area contributed by atoms with E-state index in [2.05, 4.69) is 0 Å². The van der Waals surface area contributed by atoms with Gasteiger partial charge < -0.3 is 19.5 Å². The van der Waals surface area contributed by atoms with E-state index in [1.807, 2.05) is 13.0 Å². The van der Waals surface area contributed by atoms with Crippen molar-refractivity contribution in [3.8, 4) is 5.75 Å². The van der Waals surface area contributed by atoms with Gasteiger partial charge in [0, 0.05) is 12.1 Å². The fourth-order valence-corrected chi connectivity index (χ4v) is 2.37. The van der Waals surface area contributed by atoms with Gasteiger partial charge in [0.2, 0.25) is 0 Å². The van der Waals surface area contributed by atoms with Crippen molar-refractivity contribution in [1.29, 1.82) is 0 Å². The molecule has 0 bridgehead atoms. The molecule has 0 saturated carbocycles. The van der Waals surface area contributed by atoms with E-state index in [0.29, 0.717) is 23.9 Å². The minimum Gasteiger partial charge on any atom is -0.494 e. The van der Waals surface area contributed by atoms with Crippen molar-refractivity contribution in [2.45, 2.75) is 38.7 Å². The van der Waals surface area contributed by atoms with Crippen LogP contribution >= 0.6 is 0 Å². The lowest BCUT2D eigenvalue weighted by molar-refractivity contribution is 0.0981. The van der Waals surface area contributed by atoms with Crippen molar-refractivity contribution in [2.24, 2.45) is 0 Å². The van der Waals surface area contributed by atoms with E-state index < -0.39 is 7.12 Å². The number of ether oxygens (including phenoxy) is 2. The van der Waals surface area contributed by atoms with Crippen molar-refractivity contribution in [3.05, 3.63) is 23.8 Å². The Kier molecular flexibility index (Phi) is 5.25. The molecule has 1 heterocycles. The van der Waals surface area contributed by atoms with Gasteiger partial charge in [0.15, 0.2) is 0 Å². The molecule has 0 radical (unpaired) electrons. The molecule has 2 rings (SSSR count). The summed E-state index contributed by atoms with van der Waals surface area (Å²) in [4.78, 5) is 0. The van der Waals surface area contributed by atoms with Gasteiger partial charge in [-0.25, -0.2) is 0 Å². The summed E-state index contributed by atoms with van der Waals surface area (Å²) in [6, 6.07) is 5.43. The lowest BCUT2D eigenvalue weighted by Crippen LogP contribution is -2.31. The molecule has 1 unspecified atom stereocenters. The van der Waals surface area contributed by atoms with Crippen LogP contribution in [-0.2, 0) is 4.74 Å². The van der Waals surface area contributed by atoms with Gasteiger partial charge >= 0.3 is 7.12 Å². The maximum atomic E-state index is 9.31. The Balaban J connectivity index is 1.81. The minimum absolute atomic E-state index is 0.379. The number of aryl methyl sites for hydroxylation is 1. The molecule has 0 amide bonds. The summed E-state index contributed by atoms with van der Waals surface area (Å²) in [5.74, 6) is 0.549. The molecule has 0 spiro atoms. The minimum atomic E-state index is -1.49.